The van der Waals surface area contributed by atoms with Gasteiger partial charge in [-0.2, -0.15) is 0 Å². The van der Waals surface area contributed by atoms with E-state index < -0.39 is 0 Å². The third-order valence-corrected chi connectivity index (χ3v) is 2.93. The van der Waals surface area contributed by atoms with Gasteiger partial charge in [-0.3, -0.25) is 0 Å². The van der Waals surface area contributed by atoms with Crippen LogP contribution in [0, 0.1) is 0 Å². The molecule has 0 spiro atoms. The number of ether oxygens (including phenoxy) is 1. The number of nitrogens with one attached hydrogen (secondary N) is 1. The van der Waals surface area contributed by atoms with Gasteiger partial charge in [-0.15, -0.1) is 0 Å². The van der Waals surface area contributed by atoms with E-state index >= 15 is 0 Å². The van der Waals surface area contributed by atoms with E-state index in [0.29, 0.717) is 12.7 Å². The van der Waals surface area contributed by atoms with Crippen LogP contribution in [0.2, 0.25) is 0 Å². The molecule has 4 nitrogen and oxygen atoms in total. The van der Waals surface area contributed by atoms with Crippen LogP contribution >= 0.6 is 0 Å². The molecule has 0 unspecified atom stereocenters. The van der Waals surface area contributed by atoms with Crippen LogP contribution in [0.25, 0.3) is 0 Å². The highest BCUT2D eigenvalue weighted by Gasteiger charge is 2.16. The molecule has 1 heterocycles. The van der Waals surface area contributed by atoms with Crippen LogP contribution in [0.3, 0.4) is 0 Å². The molecule has 0 radical (unpaired) electrons. The first kappa shape index (κ1) is 11.6. The zero-order valence-electron chi connectivity index (χ0n) is 9.87. The van der Waals surface area contributed by atoms with Crippen LogP contribution in [-0.2, 0) is 17.9 Å². The minimum atomic E-state index is 0.433. The fourth-order valence-electron chi connectivity index (χ4n) is 2.02. The van der Waals surface area contributed by atoms with Crippen molar-refractivity contribution >= 4 is 0 Å². The highest BCUT2D eigenvalue weighted by atomic mass is 16.5. The van der Waals surface area contributed by atoms with E-state index in [4.69, 9.17) is 9.26 Å². The van der Waals surface area contributed by atoms with E-state index in [0.717, 1.165) is 24.5 Å². The van der Waals surface area contributed by atoms with Crippen molar-refractivity contribution in [3.63, 3.8) is 0 Å². The zero-order valence-corrected chi connectivity index (χ0v) is 9.87. The molecule has 0 aliphatic heterocycles. The summed E-state index contributed by atoms with van der Waals surface area (Å²) in [4.78, 5) is 0. The summed E-state index contributed by atoms with van der Waals surface area (Å²) in [5, 5.41) is 7.19. The van der Waals surface area contributed by atoms with Gasteiger partial charge in [0.2, 0.25) is 0 Å². The Hall–Kier alpha value is -0.870. The first-order valence-corrected chi connectivity index (χ1v) is 6.15. The minimum absolute atomic E-state index is 0.433. The summed E-state index contributed by atoms with van der Waals surface area (Å²) in [7, 11) is 0. The largest absolute Gasteiger partial charge is 0.370 e. The second kappa shape index (κ2) is 6.01. The summed E-state index contributed by atoms with van der Waals surface area (Å²) in [6.45, 7) is 4.35. The van der Waals surface area contributed by atoms with Crippen molar-refractivity contribution in [3.05, 3.63) is 17.5 Å². The number of rotatable bonds is 6. The van der Waals surface area contributed by atoms with Crippen LogP contribution in [0.1, 0.15) is 44.1 Å². The molecular formula is C12H20N2O2. The second-order valence-electron chi connectivity index (χ2n) is 4.28. The fraction of sp³-hybridized carbons (Fsp3) is 0.750. The molecule has 1 N–H and O–H groups in total. The predicted molar refractivity (Wildman–Crippen MR) is 60.9 cm³/mol. The molecule has 0 aromatic carbocycles. The number of nitrogens with zero attached hydrogens (tertiary/aromatic N) is 1. The normalized spacial score (nSPS) is 17.1. The van der Waals surface area contributed by atoms with Crippen molar-refractivity contribution in [1.82, 2.24) is 10.5 Å². The van der Waals surface area contributed by atoms with Gasteiger partial charge in [0, 0.05) is 12.6 Å². The summed E-state index contributed by atoms with van der Waals surface area (Å²) >= 11 is 0. The summed E-state index contributed by atoms with van der Waals surface area (Å²) in [6.07, 6.45) is 5.42. The Labute approximate surface area is 96.3 Å². The molecule has 1 fully saturated rings. The Morgan fingerprint density at radius 2 is 2.31 bits per heavy atom. The monoisotopic (exact) mass is 224 g/mol. The molecular weight excluding hydrogens is 204 g/mol. The van der Waals surface area contributed by atoms with Crippen molar-refractivity contribution in [2.24, 2.45) is 0 Å². The maximum atomic E-state index is 5.75. The van der Waals surface area contributed by atoms with Crippen molar-refractivity contribution < 1.29 is 9.26 Å². The van der Waals surface area contributed by atoms with Crippen molar-refractivity contribution in [2.45, 2.75) is 51.9 Å². The van der Waals surface area contributed by atoms with Gasteiger partial charge >= 0.3 is 0 Å². The van der Waals surface area contributed by atoms with E-state index in [-0.39, 0.29) is 0 Å². The smallest absolute Gasteiger partial charge is 0.162 e. The van der Waals surface area contributed by atoms with Crippen molar-refractivity contribution in [1.29, 1.82) is 0 Å². The molecule has 0 amide bonds. The van der Waals surface area contributed by atoms with Crippen LogP contribution in [0.4, 0.5) is 0 Å². The minimum Gasteiger partial charge on any atom is -0.370 e. The summed E-state index contributed by atoms with van der Waals surface area (Å²) in [6, 6.07) is 1.97. The molecule has 1 aromatic heterocycles. The lowest BCUT2D eigenvalue weighted by atomic mass is 10.3. The highest BCUT2D eigenvalue weighted by molar-refractivity contribution is 5.04. The Morgan fingerprint density at radius 1 is 1.50 bits per heavy atom. The number of hydrogen-bond donors (Lipinski definition) is 1. The summed E-state index contributed by atoms with van der Waals surface area (Å²) < 4.78 is 11.0. The highest BCUT2D eigenvalue weighted by Crippen LogP contribution is 2.22. The first-order chi connectivity index (χ1) is 7.88. The van der Waals surface area contributed by atoms with Crippen LogP contribution in [0.15, 0.2) is 10.6 Å². The molecule has 1 aromatic rings. The van der Waals surface area contributed by atoms with Gasteiger partial charge in [-0.05, 0) is 19.4 Å². The number of hydrogen-bond acceptors (Lipinski definition) is 4. The van der Waals surface area contributed by atoms with Gasteiger partial charge in [-0.25, -0.2) is 0 Å². The topological polar surface area (TPSA) is 47.3 Å². The zero-order chi connectivity index (χ0) is 11.2. The lowest BCUT2D eigenvalue weighted by Crippen LogP contribution is -2.11. The van der Waals surface area contributed by atoms with E-state index in [2.05, 4.69) is 17.4 Å². The van der Waals surface area contributed by atoms with Crippen LogP contribution in [-0.4, -0.2) is 17.8 Å². The molecule has 90 valence electrons. The van der Waals surface area contributed by atoms with Gasteiger partial charge < -0.3 is 14.6 Å². The predicted octanol–water partition coefficient (Wildman–Crippen LogP) is 2.24. The molecule has 0 bridgehead atoms. The van der Waals surface area contributed by atoms with Crippen molar-refractivity contribution in [3.8, 4) is 0 Å². The lowest BCUT2D eigenvalue weighted by Gasteiger charge is -2.08. The van der Waals surface area contributed by atoms with Crippen molar-refractivity contribution in [2.75, 3.05) is 6.54 Å². The Morgan fingerprint density at radius 3 is 3.06 bits per heavy atom. The molecule has 2 rings (SSSR count). The van der Waals surface area contributed by atoms with Gasteiger partial charge in [-0.1, -0.05) is 24.9 Å². The Bertz CT molecular complexity index is 306. The van der Waals surface area contributed by atoms with E-state index in [1.807, 2.05) is 6.07 Å². The SMILES string of the molecule is CCNCc1cc(COC2CCCC2)on1. The third-order valence-electron chi connectivity index (χ3n) is 2.93. The average Bonchev–Trinajstić information content (AvgIpc) is 2.95. The van der Waals surface area contributed by atoms with Crippen LogP contribution in [0.5, 0.6) is 0 Å². The molecule has 1 saturated carbocycles. The maximum Gasteiger partial charge on any atom is 0.162 e. The lowest BCUT2D eigenvalue weighted by molar-refractivity contribution is 0.0330. The second-order valence-corrected chi connectivity index (χ2v) is 4.28. The molecule has 16 heavy (non-hydrogen) atoms. The van der Waals surface area contributed by atoms with E-state index in [1.165, 1.54) is 25.7 Å². The maximum absolute atomic E-state index is 5.75. The summed E-state index contributed by atoms with van der Waals surface area (Å²) in [5.74, 6) is 0.833. The molecule has 1 aliphatic carbocycles. The molecule has 0 saturated heterocycles. The fourth-order valence-corrected chi connectivity index (χ4v) is 2.02. The number of aromatic nitrogens is 1. The van der Waals surface area contributed by atoms with Gasteiger partial charge in [0.25, 0.3) is 0 Å². The molecule has 0 atom stereocenters. The Kier molecular flexibility index (Phi) is 4.36. The van der Waals surface area contributed by atoms with Gasteiger partial charge in [0.15, 0.2) is 5.76 Å². The Balaban J connectivity index is 1.73. The van der Waals surface area contributed by atoms with Gasteiger partial charge in [0.1, 0.15) is 6.61 Å². The van der Waals surface area contributed by atoms with E-state index in [1.54, 1.807) is 0 Å². The standard InChI is InChI=1S/C12H20N2O2/c1-2-13-8-10-7-12(16-14-10)9-15-11-5-3-4-6-11/h7,11,13H,2-6,8-9H2,1H3. The van der Waals surface area contributed by atoms with Crippen LogP contribution < -0.4 is 5.32 Å². The van der Waals surface area contributed by atoms with Gasteiger partial charge in [0.05, 0.1) is 11.8 Å². The first-order valence-electron chi connectivity index (χ1n) is 6.15. The summed E-state index contributed by atoms with van der Waals surface area (Å²) in [5.41, 5.74) is 0.951. The van der Waals surface area contributed by atoms with E-state index in [9.17, 15) is 0 Å². The average molecular weight is 224 g/mol. The third kappa shape index (κ3) is 3.32. The molecule has 4 heteroatoms. The molecule has 1 aliphatic rings. The quantitative estimate of drug-likeness (QED) is 0.805.